The molecule has 0 aliphatic heterocycles. The van der Waals surface area contributed by atoms with Crippen LogP contribution in [0.3, 0.4) is 0 Å². The number of para-hydroxylation sites is 1. The topological polar surface area (TPSA) is 351 Å². The van der Waals surface area contributed by atoms with E-state index in [1.807, 2.05) is 30.3 Å². The number of phenols is 2. The molecule has 0 radical (unpaired) electrons. The van der Waals surface area contributed by atoms with Crippen LogP contribution in [0.25, 0.3) is 21.5 Å². The molecule has 8 aromatic carbocycles. The summed E-state index contributed by atoms with van der Waals surface area (Å²) in [5, 5.41) is 59.3. The average molecular weight is 1090 g/mol. The molecule has 0 saturated carbocycles. The van der Waals surface area contributed by atoms with Crippen molar-refractivity contribution in [1.29, 1.82) is 0 Å². The van der Waals surface area contributed by atoms with Gasteiger partial charge in [0.2, 0.25) is 0 Å². The molecule has 8 rings (SSSR count). The third kappa shape index (κ3) is 11.7. The molecular formula is C49H41N9O15S3. The number of anilines is 2. The number of nitrogens with one attached hydrogen (secondary N) is 1. The van der Waals surface area contributed by atoms with E-state index in [4.69, 9.17) is 18.9 Å². The zero-order chi connectivity index (χ0) is 54.7. The summed E-state index contributed by atoms with van der Waals surface area (Å²) in [6, 6.07) is 29.1. The molecule has 0 aliphatic rings. The van der Waals surface area contributed by atoms with Crippen LogP contribution in [-0.2, 0) is 30.4 Å². The van der Waals surface area contributed by atoms with Gasteiger partial charge in [-0.3, -0.25) is 13.7 Å². The predicted octanol–water partition coefficient (Wildman–Crippen LogP) is 12.9. The number of benzene rings is 8. The number of ether oxygens (including phenoxy) is 4. The highest BCUT2D eigenvalue weighted by atomic mass is 32.2. The van der Waals surface area contributed by atoms with Gasteiger partial charge in [0, 0.05) is 47.1 Å². The second kappa shape index (κ2) is 21.5. The van der Waals surface area contributed by atoms with Gasteiger partial charge in [0.25, 0.3) is 30.4 Å². The standard InChI is InChI=1S/C49H41N9O15S3/c1-26-15-31(51-57-40-20-32(74(61,62)63)17-28-18-33(75(64,65)66)21-41(59)47(28)40)12-14-35(26)52-53-36-22-43(71-3)37(23-42(36)70-2)54-55-38-24-45(73-5)39(25-44(38)72-4)56-58-48-46(76(67,68)69)19-27-16-30(11-13-34(27)49(48)60)50-29-9-7-6-8-10-29/h6-25,50,59-60H,1-5H3,(H,61,62,63)(H,64,65,66)(H,67,68,69). The summed E-state index contributed by atoms with van der Waals surface area (Å²) < 4.78 is 125. The molecule has 0 atom stereocenters. The second-order valence-corrected chi connectivity index (χ2v) is 20.3. The van der Waals surface area contributed by atoms with Gasteiger partial charge in [0.05, 0.1) is 60.7 Å². The lowest BCUT2D eigenvalue weighted by atomic mass is 10.1. The number of rotatable bonds is 17. The Morgan fingerprint density at radius 3 is 1.45 bits per heavy atom. The quantitative estimate of drug-likeness (QED) is 0.0364. The number of phenolic OH excluding ortho intramolecular Hbond substituents is 2. The first-order valence-corrected chi connectivity index (χ1v) is 26.0. The Morgan fingerprint density at radius 1 is 0.447 bits per heavy atom. The van der Waals surface area contributed by atoms with E-state index in [1.165, 1.54) is 64.8 Å². The largest absolute Gasteiger partial charge is 0.507 e. The van der Waals surface area contributed by atoms with Gasteiger partial charge in [-0.05, 0) is 96.1 Å². The number of azo groups is 4. The number of fused-ring (bicyclic) bond motifs is 2. The van der Waals surface area contributed by atoms with Gasteiger partial charge in [-0.2, -0.15) is 35.5 Å². The van der Waals surface area contributed by atoms with Crippen molar-refractivity contribution in [3.63, 3.8) is 0 Å². The van der Waals surface area contributed by atoms with Gasteiger partial charge in [0.15, 0.2) is 5.75 Å². The molecule has 390 valence electrons. The van der Waals surface area contributed by atoms with Crippen molar-refractivity contribution in [3.05, 3.63) is 127 Å². The fourth-order valence-corrected chi connectivity index (χ4v) is 9.22. The molecule has 0 heterocycles. The molecule has 0 spiro atoms. The summed E-state index contributed by atoms with van der Waals surface area (Å²) in [7, 11) is -9.11. The van der Waals surface area contributed by atoms with Crippen LogP contribution in [-0.4, -0.2) is 77.6 Å². The van der Waals surface area contributed by atoms with Gasteiger partial charge in [0.1, 0.15) is 62.1 Å². The summed E-state index contributed by atoms with van der Waals surface area (Å²) in [6.45, 7) is 1.69. The second-order valence-electron chi connectivity index (χ2n) is 16.1. The van der Waals surface area contributed by atoms with Crippen LogP contribution in [0.1, 0.15) is 5.56 Å². The van der Waals surface area contributed by atoms with Crippen molar-refractivity contribution < 1.29 is 68.1 Å². The maximum Gasteiger partial charge on any atom is 0.296 e. The van der Waals surface area contributed by atoms with Crippen molar-refractivity contribution in [2.45, 2.75) is 21.6 Å². The molecule has 27 heteroatoms. The first-order valence-electron chi connectivity index (χ1n) is 21.7. The van der Waals surface area contributed by atoms with Crippen molar-refractivity contribution in [2.24, 2.45) is 40.9 Å². The smallest absolute Gasteiger partial charge is 0.296 e. The number of hydrogen-bond donors (Lipinski definition) is 6. The summed E-state index contributed by atoms with van der Waals surface area (Å²) >= 11 is 0. The molecule has 24 nitrogen and oxygen atoms in total. The van der Waals surface area contributed by atoms with E-state index in [1.54, 1.807) is 37.3 Å². The number of aromatic hydroxyl groups is 2. The molecule has 0 saturated heterocycles. The first kappa shape index (κ1) is 53.3. The average Bonchev–Trinajstić information content (AvgIpc) is 3.40. The van der Waals surface area contributed by atoms with Crippen LogP contribution in [0.4, 0.5) is 56.9 Å². The van der Waals surface area contributed by atoms with Crippen molar-refractivity contribution >= 4 is 109 Å². The van der Waals surface area contributed by atoms with Crippen LogP contribution < -0.4 is 24.3 Å². The van der Waals surface area contributed by atoms with E-state index in [2.05, 4.69) is 46.2 Å². The van der Waals surface area contributed by atoms with Crippen LogP contribution in [0.15, 0.2) is 177 Å². The Morgan fingerprint density at radius 2 is 0.947 bits per heavy atom. The van der Waals surface area contributed by atoms with E-state index in [-0.39, 0.29) is 78.7 Å². The molecule has 8 aromatic rings. The summed E-state index contributed by atoms with van der Waals surface area (Å²) in [5.74, 6) is -0.630. The minimum absolute atomic E-state index is 0.0184. The highest BCUT2D eigenvalue weighted by Gasteiger charge is 2.24. The lowest BCUT2D eigenvalue weighted by Crippen LogP contribution is -2.00. The van der Waals surface area contributed by atoms with E-state index < -0.39 is 62.2 Å². The fourth-order valence-electron chi connectivity index (χ4n) is 7.49. The van der Waals surface area contributed by atoms with Crippen LogP contribution in [0, 0.1) is 6.92 Å². The molecular weight excluding hydrogens is 1050 g/mol. The van der Waals surface area contributed by atoms with Crippen LogP contribution >= 0.6 is 0 Å². The lowest BCUT2D eigenvalue weighted by Gasteiger charge is -2.12. The van der Waals surface area contributed by atoms with Gasteiger partial charge in [-0.25, -0.2) is 0 Å². The zero-order valence-corrected chi connectivity index (χ0v) is 42.6. The molecule has 6 N–H and O–H groups in total. The minimum Gasteiger partial charge on any atom is -0.507 e. The van der Waals surface area contributed by atoms with Gasteiger partial charge in [-0.15, -0.1) is 30.7 Å². The summed E-state index contributed by atoms with van der Waals surface area (Å²) in [5.41, 5.74) is 2.29. The van der Waals surface area contributed by atoms with Crippen molar-refractivity contribution in [2.75, 3.05) is 33.8 Å². The van der Waals surface area contributed by atoms with Crippen LogP contribution in [0.5, 0.6) is 34.5 Å². The SMILES string of the molecule is COc1cc(N=Nc2cc(OC)c(N=Nc3c(S(=O)(=O)O)cc4cc(Nc5ccccc5)ccc4c3O)cc2OC)c(OC)cc1N=Nc1ccc(N=Nc2cc(S(=O)(=O)O)cc3cc(S(=O)(=O)O)cc(O)c23)cc1C. The Hall–Kier alpha value is -8.99. The van der Waals surface area contributed by atoms with Crippen molar-refractivity contribution in [3.8, 4) is 34.5 Å². The molecule has 0 unspecified atom stereocenters. The molecule has 0 aliphatic carbocycles. The number of aryl methyl sites for hydroxylation is 1. The highest BCUT2D eigenvalue weighted by Crippen LogP contribution is 2.47. The number of hydrogen-bond acceptors (Lipinski definition) is 21. The van der Waals surface area contributed by atoms with Crippen LogP contribution in [0.2, 0.25) is 0 Å². The molecule has 0 aromatic heterocycles. The van der Waals surface area contributed by atoms with E-state index in [0.717, 1.165) is 30.0 Å². The Bertz CT molecular complexity index is 4100. The lowest BCUT2D eigenvalue weighted by molar-refractivity contribution is 0.403. The van der Waals surface area contributed by atoms with Gasteiger partial charge in [-0.1, -0.05) is 18.2 Å². The Kier molecular flexibility index (Phi) is 15.1. The molecule has 76 heavy (non-hydrogen) atoms. The Balaban J connectivity index is 1.04. The monoisotopic (exact) mass is 1090 g/mol. The van der Waals surface area contributed by atoms with E-state index >= 15 is 0 Å². The fraction of sp³-hybridized carbons (Fsp3) is 0.102. The van der Waals surface area contributed by atoms with Crippen molar-refractivity contribution in [1.82, 2.24) is 0 Å². The zero-order valence-electron chi connectivity index (χ0n) is 40.2. The Labute approximate surface area is 432 Å². The number of methoxy groups -OCH3 is 4. The normalized spacial score (nSPS) is 12.4. The highest BCUT2D eigenvalue weighted by molar-refractivity contribution is 7.86. The third-order valence-electron chi connectivity index (χ3n) is 11.1. The maximum atomic E-state index is 12.6. The third-order valence-corrected chi connectivity index (χ3v) is 13.7. The summed E-state index contributed by atoms with van der Waals surface area (Å²) in [6.07, 6.45) is 0. The first-order chi connectivity index (χ1) is 36.1. The maximum absolute atomic E-state index is 12.6. The molecule has 0 amide bonds. The summed E-state index contributed by atoms with van der Waals surface area (Å²) in [4.78, 5) is -2.11. The van der Waals surface area contributed by atoms with E-state index in [9.17, 15) is 49.1 Å². The molecule has 0 bridgehead atoms. The predicted molar refractivity (Wildman–Crippen MR) is 277 cm³/mol. The van der Waals surface area contributed by atoms with Gasteiger partial charge < -0.3 is 34.5 Å². The van der Waals surface area contributed by atoms with E-state index in [0.29, 0.717) is 16.9 Å². The molecule has 0 fully saturated rings. The minimum atomic E-state index is -4.94. The number of nitrogens with zero attached hydrogens (tertiary/aromatic N) is 8. The van der Waals surface area contributed by atoms with Gasteiger partial charge >= 0.3 is 0 Å².